The molecule has 3 rings (SSSR count). The second-order valence-corrected chi connectivity index (χ2v) is 4.35. The van der Waals surface area contributed by atoms with Gasteiger partial charge < -0.3 is 0 Å². The van der Waals surface area contributed by atoms with Crippen molar-refractivity contribution < 1.29 is 0 Å². The van der Waals surface area contributed by atoms with Crippen LogP contribution < -0.4 is 0 Å². The SMILES string of the molecule is c1ccc2c(c1)ccc1cc[pH]c12. The Hall–Kier alpha value is -1.26. The van der Waals surface area contributed by atoms with Crippen molar-refractivity contribution in [3.63, 3.8) is 0 Å². The lowest BCUT2D eigenvalue weighted by Crippen LogP contribution is -1.70. The topological polar surface area (TPSA) is 0 Å². The highest BCUT2D eigenvalue weighted by Crippen LogP contribution is 2.32. The van der Waals surface area contributed by atoms with Gasteiger partial charge in [-0.2, -0.15) is 0 Å². The molecule has 1 heteroatoms. The van der Waals surface area contributed by atoms with E-state index in [-0.39, 0.29) is 0 Å². The molecule has 13 heavy (non-hydrogen) atoms. The van der Waals surface area contributed by atoms with Crippen molar-refractivity contribution in [2.24, 2.45) is 0 Å². The Labute approximate surface area is 78.3 Å². The summed E-state index contributed by atoms with van der Waals surface area (Å²) in [6.45, 7) is 0. The van der Waals surface area contributed by atoms with Crippen LogP contribution in [-0.2, 0) is 0 Å². The highest BCUT2D eigenvalue weighted by Gasteiger charge is 1.98. The number of fused-ring (bicyclic) bond motifs is 3. The maximum Gasteiger partial charge on any atom is 0.00600 e. The van der Waals surface area contributed by atoms with E-state index in [1.165, 1.54) is 21.3 Å². The van der Waals surface area contributed by atoms with Crippen LogP contribution in [0.5, 0.6) is 0 Å². The zero-order valence-electron chi connectivity index (χ0n) is 7.12. The first kappa shape index (κ1) is 7.17. The Kier molecular flexibility index (Phi) is 1.44. The standard InChI is InChI=1S/C12H9P/c1-2-4-11-9(3-1)5-6-10-7-8-13-12(10)11/h1-8,13H. The van der Waals surface area contributed by atoms with Gasteiger partial charge >= 0.3 is 0 Å². The van der Waals surface area contributed by atoms with Crippen molar-refractivity contribution in [1.29, 1.82) is 0 Å². The molecular weight excluding hydrogens is 175 g/mol. The average Bonchev–Trinajstić information content (AvgIpc) is 2.65. The van der Waals surface area contributed by atoms with Crippen LogP contribution in [0, 0.1) is 0 Å². The predicted octanol–water partition coefficient (Wildman–Crippen LogP) is 4.02. The van der Waals surface area contributed by atoms with Gasteiger partial charge in [0.25, 0.3) is 0 Å². The predicted molar refractivity (Wildman–Crippen MR) is 61.0 cm³/mol. The largest absolute Gasteiger partial charge is 0.131 e. The molecule has 0 saturated carbocycles. The minimum Gasteiger partial charge on any atom is -0.131 e. The first-order valence-corrected chi connectivity index (χ1v) is 5.48. The van der Waals surface area contributed by atoms with E-state index in [0.29, 0.717) is 0 Å². The van der Waals surface area contributed by atoms with Gasteiger partial charge in [-0.15, -0.1) is 8.19 Å². The first-order valence-electron chi connectivity index (χ1n) is 4.40. The summed E-state index contributed by atoms with van der Waals surface area (Å²) in [7, 11) is 0.853. The van der Waals surface area contributed by atoms with Crippen molar-refractivity contribution in [3.8, 4) is 0 Å². The Bertz CT molecular complexity index is 563. The maximum atomic E-state index is 2.26. The van der Waals surface area contributed by atoms with Crippen molar-refractivity contribution in [3.05, 3.63) is 48.3 Å². The Morgan fingerprint density at radius 2 is 1.62 bits per heavy atom. The van der Waals surface area contributed by atoms with Crippen molar-refractivity contribution in [2.75, 3.05) is 0 Å². The van der Waals surface area contributed by atoms with E-state index in [4.69, 9.17) is 0 Å². The lowest BCUT2D eigenvalue weighted by molar-refractivity contribution is 1.82. The fraction of sp³-hybridized carbons (Fsp3) is 0. The molecule has 0 aliphatic carbocycles. The van der Waals surface area contributed by atoms with Gasteiger partial charge in [0, 0.05) is 5.12 Å². The summed E-state index contributed by atoms with van der Waals surface area (Å²) in [5.74, 6) is 2.26. The summed E-state index contributed by atoms with van der Waals surface area (Å²) < 4.78 is 0. The highest BCUT2D eigenvalue weighted by atomic mass is 31.0. The molecule has 0 radical (unpaired) electrons. The zero-order chi connectivity index (χ0) is 8.67. The normalized spacial score (nSPS) is 11.7. The van der Waals surface area contributed by atoms with Gasteiger partial charge in [0.15, 0.2) is 0 Å². The highest BCUT2D eigenvalue weighted by molar-refractivity contribution is 7.37. The smallest absolute Gasteiger partial charge is 0.00600 e. The molecular formula is C12H9P. The van der Waals surface area contributed by atoms with E-state index < -0.39 is 0 Å². The molecule has 0 amide bonds. The quantitative estimate of drug-likeness (QED) is 0.495. The van der Waals surface area contributed by atoms with Crippen LogP contribution >= 0.6 is 8.19 Å². The molecule has 3 aromatic rings. The minimum atomic E-state index is 0.853. The van der Waals surface area contributed by atoms with Crippen LogP contribution in [0.4, 0.5) is 0 Å². The molecule has 1 aromatic heterocycles. The monoisotopic (exact) mass is 184 g/mol. The third-order valence-corrected chi connectivity index (χ3v) is 3.63. The summed E-state index contributed by atoms with van der Waals surface area (Å²) in [5.41, 5.74) is 0. The molecule has 1 heterocycles. The average molecular weight is 184 g/mol. The lowest BCUT2D eigenvalue weighted by Gasteiger charge is -1.98. The van der Waals surface area contributed by atoms with E-state index in [2.05, 4.69) is 48.3 Å². The van der Waals surface area contributed by atoms with Crippen LogP contribution in [0.2, 0.25) is 0 Å². The Morgan fingerprint density at radius 1 is 0.769 bits per heavy atom. The molecule has 1 atom stereocenters. The summed E-state index contributed by atoms with van der Waals surface area (Å²) in [5, 5.41) is 5.69. The van der Waals surface area contributed by atoms with Crippen LogP contribution in [0.25, 0.3) is 21.3 Å². The van der Waals surface area contributed by atoms with Gasteiger partial charge in [-0.1, -0.05) is 42.5 Å². The molecule has 0 fully saturated rings. The van der Waals surface area contributed by atoms with E-state index in [9.17, 15) is 0 Å². The van der Waals surface area contributed by atoms with Crippen LogP contribution in [0.1, 0.15) is 0 Å². The van der Waals surface area contributed by atoms with Gasteiger partial charge in [-0.3, -0.25) is 0 Å². The molecule has 0 aliphatic rings. The summed E-state index contributed by atoms with van der Waals surface area (Å²) >= 11 is 0. The Morgan fingerprint density at radius 3 is 2.62 bits per heavy atom. The number of benzene rings is 2. The van der Waals surface area contributed by atoms with Gasteiger partial charge in [0.1, 0.15) is 0 Å². The van der Waals surface area contributed by atoms with Gasteiger partial charge in [0.05, 0.1) is 0 Å². The van der Waals surface area contributed by atoms with Crippen LogP contribution in [-0.4, -0.2) is 0 Å². The Balaban J connectivity index is 2.65. The first-order chi connectivity index (χ1) is 6.45. The van der Waals surface area contributed by atoms with E-state index in [1.807, 2.05) is 0 Å². The molecule has 0 nitrogen and oxygen atoms in total. The minimum absolute atomic E-state index is 0.853. The fourth-order valence-electron chi connectivity index (χ4n) is 1.80. The summed E-state index contributed by atoms with van der Waals surface area (Å²) in [6, 6.07) is 15.3. The van der Waals surface area contributed by atoms with E-state index >= 15 is 0 Å². The van der Waals surface area contributed by atoms with Crippen LogP contribution in [0.3, 0.4) is 0 Å². The molecule has 62 valence electrons. The molecule has 2 aromatic carbocycles. The van der Waals surface area contributed by atoms with Gasteiger partial charge in [0.2, 0.25) is 0 Å². The number of rotatable bonds is 0. The molecule has 0 N–H and O–H groups in total. The number of hydrogen-bond acceptors (Lipinski definition) is 0. The molecule has 1 unspecified atom stereocenters. The van der Waals surface area contributed by atoms with E-state index in [0.717, 1.165) is 8.19 Å². The second kappa shape index (κ2) is 2.61. The molecule has 0 aliphatic heterocycles. The fourth-order valence-corrected chi connectivity index (χ4v) is 2.95. The van der Waals surface area contributed by atoms with Crippen LogP contribution in [0.15, 0.2) is 48.3 Å². The lowest BCUT2D eigenvalue weighted by atomic mass is 10.1. The van der Waals surface area contributed by atoms with Crippen molar-refractivity contribution in [2.45, 2.75) is 0 Å². The summed E-state index contributed by atoms with van der Waals surface area (Å²) in [4.78, 5) is 0. The number of hydrogen-bond donors (Lipinski definition) is 0. The molecule has 0 spiro atoms. The second-order valence-electron chi connectivity index (χ2n) is 3.23. The van der Waals surface area contributed by atoms with E-state index in [1.54, 1.807) is 0 Å². The third kappa shape index (κ3) is 0.993. The van der Waals surface area contributed by atoms with Crippen molar-refractivity contribution >= 4 is 29.5 Å². The van der Waals surface area contributed by atoms with Gasteiger partial charge in [-0.25, -0.2) is 0 Å². The van der Waals surface area contributed by atoms with Crippen molar-refractivity contribution in [1.82, 2.24) is 0 Å². The maximum absolute atomic E-state index is 2.26. The third-order valence-electron chi connectivity index (χ3n) is 2.45. The van der Waals surface area contributed by atoms with Gasteiger partial charge in [-0.05, 0) is 22.0 Å². The molecule has 0 saturated heterocycles. The molecule has 0 bridgehead atoms. The zero-order valence-corrected chi connectivity index (χ0v) is 8.12. The summed E-state index contributed by atoms with van der Waals surface area (Å²) in [6.07, 6.45) is 0.